The van der Waals surface area contributed by atoms with Crippen molar-refractivity contribution < 1.29 is 57.8 Å². The topological polar surface area (TPSA) is 426 Å². The van der Waals surface area contributed by atoms with Crippen molar-refractivity contribution in [2.75, 3.05) is 31.9 Å². The Bertz CT molecular complexity index is 2200. The Hall–Kier alpha value is -7.32. The lowest BCUT2D eigenvalue weighted by atomic mass is 10.0. The first-order valence-corrected chi connectivity index (χ1v) is 23.5. The summed E-state index contributed by atoms with van der Waals surface area (Å²) in [5, 5.41) is 27.1. The third-order valence-electron chi connectivity index (χ3n) is 11.1. The summed E-state index contributed by atoms with van der Waals surface area (Å²) in [6.07, 6.45) is -0.260. The summed E-state index contributed by atoms with van der Waals surface area (Å²) < 4.78 is 0. The van der Waals surface area contributed by atoms with Crippen LogP contribution in [0, 0.1) is 0 Å². The van der Waals surface area contributed by atoms with Crippen LogP contribution in [-0.4, -0.2) is 149 Å². The minimum absolute atomic E-state index is 0.0432. The number of aromatic hydroxyl groups is 1. The predicted octanol–water partition coefficient (Wildman–Crippen LogP) is -5.16. The van der Waals surface area contributed by atoms with Crippen LogP contribution in [0.25, 0.3) is 0 Å². The first-order valence-electron chi connectivity index (χ1n) is 22.8. The molecule has 18 N–H and O–H groups in total. The van der Waals surface area contributed by atoms with Crippen molar-refractivity contribution in [1.82, 2.24) is 42.1 Å². The minimum atomic E-state index is -1.78. The number of carbonyl (C=O) groups is 11. The monoisotopic (exact) mass is 1010 g/mol. The van der Waals surface area contributed by atoms with E-state index in [0.717, 1.165) is 0 Å². The number of phenols is 1. The molecule has 0 radical (unpaired) electrons. The van der Waals surface area contributed by atoms with Gasteiger partial charge in [0.2, 0.25) is 65.0 Å². The Kier molecular flexibility index (Phi) is 24.2. The van der Waals surface area contributed by atoms with Gasteiger partial charge in [-0.25, -0.2) is 0 Å². The van der Waals surface area contributed by atoms with Crippen LogP contribution < -0.4 is 65.9 Å². The number of primary amides is 3. The van der Waals surface area contributed by atoms with Crippen molar-refractivity contribution in [3.05, 3.63) is 65.7 Å². The molecule has 0 aromatic heterocycles. The van der Waals surface area contributed by atoms with Gasteiger partial charge >= 0.3 is 0 Å². The van der Waals surface area contributed by atoms with Gasteiger partial charge in [0.15, 0.2) is 0 Å². The number of thiol groups is 1. The maximum Gasteiger partial charge on any atom is 0.246 e. The van der Waals surface area contributed by atoms with Gasteiger partial charge in [0.1, 0.15) is 48.0 Å². The Balaban J connectivity index is 1.84. The lowest BCUT2D eigenvalue weighted by Crippen LogP contribution is -2.61. The molecule has 0 aliphatic carbocycles. The van der Waals surface area contributed by atoms with E-state index in [-0.39, 0.29) is 43.7 Å². The zero-order valence-corrected chi connectivity index (χ0v) is 40.0. The van der Waals surface area contributed by atoms with Crippen molar-refractivity contribution in [3.63, 3.8) is 0 Å². The van der Waals surface area contributed by atoms with Gasteiger partial charge in [0.25, 0.3) is 0 Å². The lowest BCUT2D eigenvalue weighted by molar-refractivity contribution is -0.142. The molecular formula is C45H65N13O12S. The number of hydrogen-bond donors (Lipinski definition) is 14. The summed E-state index contributed by atoms with van der Waals surface area (Å²) >= 11 is 4.24. The SMILES string of the molecule is NCCCC[C@H](NC(=O)[C@@H]1CCCN1C(=O)[C@H](CS)NC(=O)[C@H](CC(N)=O)NC(=O)[C@H](CCC(N)=O)NC(=O)[C@H](Cc1ccccc1)NC(=O)[C@H](Cc1ccc(O)cc1)NC(=O)CN)C(=O)NCC(N)=O. The van der Waals surface area contributed by atoms with E-state index in [0.29, 0.717) is 36.9 Å². The highest BCUT2D eigenvalue weighted by atomic mass is 32.1. The summed E-state index contributed by atoms with van der Waals surface area (Å²) in [7, 11) is 0. The van der Waals surface area contributed by atoms with Crippen molar-refractivity contribution in [1.29, 1.82) is 0 Å². The van der Waals surface area contributed by atoms with Crippen LogP contribution in [-0.2, 0) is 65.6 Å². The molecule has 388 valence electrons. The van der Waals surface area contributed by atoms with Crippen molar-refractivity contribution in [3.8, 4) is 5.75 Å². The third-order valence-corrected chi connectivity index (χ3v) is 11.5. The van der Waals surface area contributed by atoms with Crippen molar-refractivity contribution in [2.45, 2.75) is 107 Å². The smallest absolute Gasteiger partial charge is 0.246 e. The molecule has 0 unspecified atom stereocenters. The number of likely N-dealkylation sites (tertiary alicyclic amines) is 1. The number of rotatable bonds is 30. The molecule has 1 heterocycles. The standard InChI is InChI=1S/C45H65N13O12S/c46-17-5-4-9-28(39(64)51-23-37(50)62)54-44(69)34-10-6-18-58(34)45(70)33(24-71)57-43(68)32(21-36(49)61)56-40(65)29(15-16-35(48)60)53-42(67)31(19-25-7-2-1-3-8-25)55-41(66)30(52-38(63)22-47)20-26-11-13-27(59)14-12-26/h1-3,7-8,11-14,28-34,59,71H,4-6,9-10,15-24,46-47H2,(H2,48,60)(H2,49,61)(H2,50,62)(H,51,64)(H,52,63)(H,53,67)(H,54,69)(H,55,66)(H,56,65)(H,57,68)/t28-,29-,30-,31-,32-,33-,34-/m0/s1. The summed E-state index contributed by atoms with van der Waals surface area (Å²) in [6, 6.07) is 4.47. The van der Waals surface area contributed by atoms with E-state index in [1.54, 1.807) is 30.3 Å². The summed E-state index contributed by atoms with van der Waals surface area (Å²) in [4.78, 5) is 146. The van der Waals surface area contributed by atoms with E-state index >= 15 is 0 Å². The molecule has 71 heavy (non-hydrogen) atoms. The maximum atomic E-state index is 14.2. The molecule has 1 aliphatic rings. The molecule has 2 aromatic carbocycles. The number of nitrogens with two attached hydrogens (primary N) is 5. The molecule has 11 amide bonds. The molecule has 26 heteroatoms. The van der Waals surface area contributed by atoms with Gasteiger partial charge in [0, 0.05) is 31.6 Å². The number of benzene rings is 2. The summed E-state index contributed by atoms with van der Waals surface area (Å²) in [6.45, 7) is -0.551. The fraction of sp³-hybridized carbons (Fsp3) is 0.489. The molecule has 25 nitrogen and oxygen atoms in total. The zero-order valence-electron chi connectivity index (χ0n) is 39.1. The lowest BCUT2D eigenvalue weighted by Gasteiger charge is -2.30. The normalized spacial score (nSPS) is 15.5. The molecule has 1 fully saturated rings. The molecule has 0 saturated carbocycles. The van der Waals surface area contributed by atoms with Gasteiger partial charge < -0.3 is 75.9 Å². The second kappa shape index (κ2) is 29.7. The van der Waals surface area contributed by atoms with E-state index in [2.05, 4.69) is 49.8 Å². The van der Waals surface area contributed by atoms with Crippen LogP contribution in [0.3, 0.4) is 0 Å². The highest BCUT2D eigenvalue weighted by molar-refractivity contribution is 7.80. The molecule has 1 aliphatic heterocycles. The third kappa shape index (κ3) is 19.9. The average Bonchev–Trinajstić information content (AvgIpc) is 3.83. The van der Waals surface area contributed by atoms with E-state index in [4.69, 9.17) is 28.7 Å². The van der Waals surface area contributed by atoms with Crippen LogP contribution in [0.1, 0.15) is 62.5 Å². The van der Waals surface area contributed by atoms with Gasteiger partial charge in [-0.3, -0.25) is 52.7 Å². The van der Waals surface area contributed by atoms with Gasteiger partial charge in [0.05, 0.1) is 19.5 Å². The quantitative estimate of drug-likeness (QED) is 0.0257. The van der Waals surface area contributed by atoms with Crippen LogP contribution in [0.2, 0.25) is 0 Å². The van der Waals surface area contributed by atoms with Crippen LogP contribution >= 0.6 is 12.6 Å². The van der Waals surface area contributed by atoms with E-state index in [1.165, 1.54) is 29.2 Å². The molecule has 0 spiro atoms. The number of carbonyl (C=O) groups excluding carboxylic acids is 11. The van der Waals surface area contributed by atoms with Crippen LogP contribution in [0.5, 0.6) is 5.75 Å². The molecule has 1 saturated heterocycles. The van der Waals surface area contributed by atoms with Crippen molar-refractivity contribution in [2.24, 2.45) is 28.7 Å². The number of phenolic OH excluding ortho intramolecular Hbond substituents is 1. The van der Waals surface area contributed by atoms with Gasteiger partial charge in [-0.2, -0.15) is 12.6 Å². The van der Waals surface area contributed by atoms with Crippen molar-refractivity contribution >= 4 is 77.6 Å². The van der Waals surface area contributed by atoms with E-state index < -0.39 is 140 Å². The second-order valence-corrected chi connectivity index (χ2v) is 17.1. The second-order valence-electron chi connectivity index (χ2n) is 16.7. The first-order chi connectivity index (χ1) is 33.8. The number of nitrogens with one attached hydrogen (secondary N) is 7. The summed E-state index contributed by atoms with van der Waals surface area (Å²) in [5.41, 5.74) is 28.2. The fourth-order valence-electron chi connectivity index (χ4n) is 7.46. The largest absolute Gasteiger partial charge is 0.508 e. The highest BCUT2D eigenvalue weighted by Gasteiger charge is 2.40. The van der Waals surface area contributed by atoms with E-state index in [1.807, 2.05) is 0 Å². The molecule has 7 atom stereocenters. The maximum absolute atomic E-state index is 14.2. The Morgan fingerprint density at radius 2 is 1.17 bits per heavy atom. The number of unbranched alkanes of at least 4 members (excludes halogenated alkanes) is 1. The molecule has 2 aromatic rings. The zero-order chi connectivity index (χ0) is 52.6. The predicted molar refractivity (Wildman–Crippen MR) is 259 cm³/mol. The Labute approximate surface area is 415 Å². The first kappa shape index (κ1) is 58.0. The molecular weight excluding hydrogens is 947 g/mol. The van der Waals surface area contributed by atoms with Gasteiger partial charge in [-0.15, -0.1) is 0 Å². The molecule has 0 bridgehead atoms. The van der Waals surface area contributed by atoms with Crippen LogP contribution in [0.4, 0.5) is 0 Å². The molecule has 3 rings (SSSR count). The minimum Gasteiger partial charge on any atom is -0.508 e. The van der Waals surface area contributed by atoms with Crippen LogP contribution in [0.15, 0.2) is 54.6 Å². The Morgan fingerprint density at radius 1 is 0.620 bits per heavy atom. The number of nitrogens with zero attached hydrogens (tertiary/aromatic N) is 1. The van der Waals surface area contributed by atoms with E-state index in [9.17, 15) is 57.8 Å². The highest BCUT2D eigenvalue weighted by Crippen LogP contribution is 2.20. The Morgan fingerprint density at radius 3 is 1.75 bits per heavy atom. The fourth-order valence-corrected chi connectivity index (χ4v) is 7.71. The van der Waals surface area contributed by atoms with Gasteiger partial charge in [-0.1, -0.05) is 42.5 Å². The average molecular weight is 1010 g/mol. The van der Waals surface area contributed by atoms with Gasteiger partial charge in [-0.05, 0) is 68.3 Å². The number of hydrogen-bond acceptors (Lipinski definition) is 15. The summed E-state index contributed by atoms with van der Waals surface area (Å²) in [5.74, 6) is -9.90. The number of amides is 11.